The summed E-state index contributed by atoms with van der Waals surface area (Å²) in [5.41, 5.74) is 11.9. The van der Waals surface area contributed by atoms with E-state index in [4.69, 9.17) is 10.7 Å². The summed E-state index contributed by atoms with van der Waals surface area (Å²) in [4.78, 5) is 21.8. The number of nitrogens with zero attached hydrogens (tertiary/aromatic N) is 2. The molecule has 5 rings (SSSR count). The molecule has 4 aromatic rings. The molecule has 1 saturated carbocycles. The largest absolute Gasteiger partial charge is 0.383 e. The van der Waals surface area contributed by atoms with Gasteiger partial charge in [-0.15, -0.1) is 0 Å². The Morgan fingerprint density at radius 1 is 0.938 bits per heavy atom. The molecule has 0 saturated heterocycles. The Labute approximate surface area is 188 Å². The van der Waals surface area contributed by atoms with Gasteiger partial charge in [-0.3, -0.25) is 4.79 Å². The van der Waals surface area contributed by atoms with Crippen molar-refractivity contribution < 1.29 is 4.79 Å². The molecule has 2 N–H and O–H groups in total. The van der Waals surface area contributed by atoms with Crippen molar-refractivity contribution >= 4 is 22.5 Å². The van der Waals surface area contributed by atoms with Crippen LogP contribution in [0.1, 0.15) is 39.2 Å². The summed E-state index contributed by atoms with van der Waals surface area (Å²) in [6, 6.07) is 22.6. The van der Waals surface area contributed by atoms with E-state index in [9.17, 15) is 4.79 Å². The summed E-state index contributed by atoms with van der Waals surface area (Å²) in [6.07, 6.45) is 3.48. The van der Waals surface area contributed by atoms with Gasteiger partial charge in [0.25, 0.3) is 0 Å². The van der Waals surface area contributed by atoms with Gasteiger partial charge in [0.2, 0.25) is 0 Å². The summed E-state index contributed by atoms with van der Waals surface area (Å²) in [5.74, 6) is 0.728. The van der Waals surface area contributed by atoms with Crippen LogP contribution in [0.15, 0.2) is 72.9 Å². The molecule has 2 aromatic carbocycles. The SMILES string of the molecule is CC(=O)C1(c2ccc(-c3nc4ccnc(N)c4cc3-c3ccccc3)cc2)CC(C)(C)C1. The zero-order valence-corrected chi connectivity index (χ0v) is 18.7. The van der Waals surface area contributed by atoms with Gasteiger partial charge >= 0.3 is 0 Å². The Hall–Kier alpha value is -3.53. The molecular weight excluding hydrogens is 394 g/mol. The lowest BCUT2D eigenvalue weighted by Gasteiger charge is -2.52. The Balaban J connectivity index is 1.64. The summed E-state index contributed by atoms with van der Waals surface area (Å²) in [6.45, 7) is 6.18. The van der Waals surface area contributed by atoms with E-state index < -0.39 is 0 Å². The van der Waals surface area contributed by atoms with Crippen LogP contribution in [0.4, 0.5) is 5.82 Å². The van der Waals surface area contributed by atoms with Gasteiger partial charge in [0.05, 0.1) is 16.6 Å². The lowest BCUT2D eigenvalue weighted by atomic mass is 9.50. The summed E-state index contributed by atoms with van der Waals surface area (Å²) >= 11 is 0. The maximum atomic E-state index is 12.6. The molecular formula is C28H27N3O. The van der Waals surface area contributed by atoms with Crippen molar-refractivity contribution in [2.45, 2.75) is 39.0 Å². The van der Waals surface area contributed by atoms with Crippen molar-refractivity contribution in [1.29, 1.82) is 0 Å². The van der Waals surface area contributed by atoms with Gasteiger partial charge in [-0.05, 0) is 48.4 Å². The van der Waals surface area contributed by atoms with Crippen molar-refractivity contribution in [2.75, 3.05) is 5.73 Å². The highest BCUT2D eigenvalue weighted by Crippen LogP contribution is 2.56. The highest BCUT2D eigenvalue weighted by atomic mass is 16.1. The lowest BCUT2D eigenvalue weighted by molar-refractivity contribution is -0.130. The smallest absolute Gasteiger partial charge is 0.140 e. The van der Waals surface area contributed by atoms with E-state index in [1.165, 1.54) is 0 Å². The Morgan fingerprint density at radius 3 is 2.25 bits per heavy atom. The highest BCUT2D eigenvalue weighted by Gasteiger charge is 2.53. The molecule has 2 aromatic heterocycles. The lowest BCUT2D eigenvalue weighted by Crippen LogP contribution is -2.51. The molecule has 0 bridgehead atoms. The number of rotatable bonds is 4. The Kier molecular flexibility index (Phi) is 4.63. The van der Waals surface area contributed by atoms with E-state index in [1.807, 2.05) is 24.3 Å². The average Bonchev–Trinajstić information content (AvgIpc) is 2.77. The molecule has 2 heterocycles. The predicted octanol–water partition coefficient (Wildman–Crippen LogP) is 6.19. The van der Waals surface area contributed by atoms with E-state index in [0.717, 1.165) is 51.7 Å². The van der Waals surface area contributed by atoms with Crippen LogP contribution < -0.4 is 5.73 Å². The van der Waals surface area contributed by atoms with Crippen LogP contribution in [0.3, 0.4) is 0 Å². The fourth-order valence-corrected chi connectivity index (χ4v) is 5.36. The third-order valence-corrected chi connectivity index (χ3v) is 6.80. The van der Waals surface area contributed by atoms with Crippen molar-refractivity contribution in [3.63, 3.8) is 0 Å². The number of anilines is 1. The van der Waals surface area contributed by atoms with Gasteiger partial charge < -0.3 is 5.73 Å². The number of hydrogen-bond donors (Lipinski definition) is 1. The number of aromatic nitrogens is 2. The van der Waals surface area contributed by atoms with E-state index >= 15 is 0 Å². The number of nitrogens with two attached hydrogens (primary N) is 1. The number of benzene rings is 2. The fourth-order valence-electron chi connectivity index (χ4n) is 5.36. The zero-order valence-electron chi connectivity index (χ0n) is 18.7. The minimum Gasteiger partial charge on any atom is -0.383 e. The van der Waals surface area contributed by atoms with Crippen molar-refractivity contribution in [2.24, 2.45) is 5.41 Å². The van der Waals surface area contributed by atoms with Crippen LogP contribution in [-0.2, 0) is 10.2 Å². The van der Waals surface area contributed by atoms with E-state index in [0.29, 0.717) is 5.82 Å². The summed E-state index contributed by atoms with van der Waals surface area (Å²) in [5, 5.41) is 0.846. The molecule has 4 nitrogen and oxygen atoms in total. The molecule has 4 heteroatoms. The molecule has 160 valence electrons. The van der Waals surface area contributed by atoms with E-state index in [1.54, 1.807) is 13.1 Å². The minimum absolute atomic E-state index is 0.207. The van der Waals surface area contributed by atoms with Crippen LogP contribution in [0.5, 0.6) is 0 Å². The maximum absolute atomic E-state index is 12.6. The predicted molar refractivity (Wildman–Crippen MR) is 130 cm³/mol. The van der Waals surface area contributed by atoms with Gasteiger partial charge in [-0.2, -0.15) is 0 Å². The molecule has 32 heavy (non-hydrogen) atoms. The molecule has 0 spiro atoms. The van der Waals surface area contributed by atoms with Crippen LogP contribution in [0, 0.1) is 5.41 Å². The number of carbonyl (C=O) groups is 1. The first-order valence-corrected chi connectivity index (χ1v) is 11.0. The quantitative estimate of drug-likeness (QED) is 0.426. The summed E-state index contributed by atoms with van der Waals surface area (Å²) in [7, 11) is 0. The molecule has 0 aliphatic heterocycles. The van der Waals surface area contributed by atoms with Crippen molar-refractivity contribution in [1.82, 2.24) is 9.97 Å². The Bertz CT molecular complexity index is 1320. The molecule has 0 atom stereocenters. The normalized spacial score (nSPS) is 16.5. The molecule has 0 radical (unpaired) electrons. The fraction of sp³-hybridized carbons (Fsp3) is 0.250. The number of nitrogen functional groups attached to an aromatic ring is 1. The third kappa shape index (κ3) is 3.27. The van der Waals surface area contributed by atoms with Crippen molar-refractivity contribution in [3.05, 3.63) is 78.5 Å². The number of carbonyl (C=O) groups excluding carboxylic acids is 1. The molecule has 1 fully saturated rings. The molecule has 1 aliphatic carbocycles. The van der Waals surface area contributed by atoms with Gasteiger partial charge in [0, 0.05) is 22.7 Å². The molecule has 0 unspecified atom stereocenters. The van der Waals surface area contributed by atoms with Crippen LogP contribution in [0.25, 0.3) is 33.3 Å². The number of hydrogen-bond acceptors (Lipinski definition) is 4. The maximum Gasteiger partial charge on any atom is 0.140 e. The van der Waals surface area contributed by atoms with Gasteiger partial charge in [-0.1, -0.05) is 68.4 Å². The second-order valence-corrected chi connectivity index (χ2v) is 9.75. The Morgan fingerprint density at radius 2 is 1.62 bits per heavy atom. The minimum atomic E-state index is -0.360. The number of pyridine rings is 2. The van der Waals surface area contributed by atoms with Crippen molar-refractivity contribution in [3.8, 4) is 22.4 Å². The van der Waals surface area contributed by atoms with Gasteiger partial charge in [0.15, 0.2) is 0 Å². The molecule has 0 amide bonds. The standard InChI is InChI=1S/C28H27N3O/c1-18(32)28(16-27(2,3)17-28)21-11-9-20(10-12-21)25-22(19-7-5-4-6-8-19)15-23-24(31-25)13-14-30-26(23)29/h4-15H,16-17H2,1-3H3,(H2,29,30). The third-order valence-electron chi connectivity index (χ3n) is 6.80. The number of ketones is 1. The second kappa shape index (κ2) is 7.27. The topological polar surface area (TPSA) is 68.9 Å². The summed E-state index contributed by atoms with van der Waals surface area (Å²) < 4.78 is 0. The van der Waals surface area contributed by atoms with Gasteiger partial charge in [-0.25, -0.2) is 9.97 Å². The van der Waals surface area contributed by atoms with Crippen LogP contribution in [-0.4, -0.2) is 15.8 Å². The van der Waals surface area contributed by atoms with Crippen LogP contribution >= 0.6 is 0 Å². The van der Waals surface area contributed by atoms with E-state index in [2.05, 4.69) is 61.3 Å². The van der Waals surface area contributed by atoms with Crippen LogP contribution in [0.2, 0.25) is 0 Å². The highest BCUT2D eigenvalue weighted by molar-refractivity contribution is 5.96. The first-order chi connectivity index (χ1) is 15.3. The monoisotopic (exact) mass is 421 g/mol. The van der Waals surface area contributed by atoms with Gasteiger partial charge in [0.1, 0.15) is 11.6 Å². The average molecular weight is 422 g/mol. The first kappa shape index (κ1) is 20.4. The first-order valence-electron chi connectivity index (χ1n) is 11.0. The van der Waals surface area contributed by atoms with E-state index in [-0.39, 0.29) is 16.6 Å². The number of fused-ring (bicyclic) bond motifs is 1. The number of Topliss-reactive ketones (excluding diaryl/α,β-unsaturated/α-hetero) is 1. The molecule has 1 aliphatic rings. The second-order valence-electron chi connectivity index (χ2n) is 9.75. The zero-order chi connectivity index (χ0) is 22.5.